The normalized spacial score (nSPS) is 16.2. The number of aromatic amines is 1. The van der Waals surface area contributed by atoms with E-state index in [1.165, 1.54) is 17.7 Å². The number of hydrogen-bond acceptors (Lipinski definition) is 4. The lowest BCUT2D eigenvalue weighted by molar-refractivity contribution is 0.629. The highest BCUT2D eigenvalue weighted by atomic mass is 19.1. The van der Waals surface area contributed by atoms with E-state index in [-0.39, 0.29) is 11.5 Å². The third-order valence-electron chi connectivity index (χ3n) is 4.47. The predicted octanol–water partition coefficient (Wildman–Crippen LogP) is 2.34. The van der Waals surface area contributed by atoms with Crippen LogP contribution in [0.5, 0.6) is 0 Å². The monoisotopic (exact) mass is 324 g/mol. The Bertz CT molecular complexity index is 965. The minimum Gasteiger partial charge on any atom is -0.383 e. The van der Waals surface area contributed by atoms with Crippen molar-refractivity contribution < 1.29 is 4.39 Å². The van der Waals surface area contributed by atoms with Crippen molar-refractivity contribution in [2.75, 3.05) is 18.9 Å². The lowest BCUT2D eigenvalue weighted by atomic mass is 9.88. The zero-order chi connectivity index (χ0) is 16.7. The van der Waals surface area contributed by atoms with Crippen LogP contribution in [0.1, 0.15) is 22.7 Å². The van der Waals surface area contributed by atoms with E-state index in [1.54, 1.807) is 0 Å². The average Bonchev–Trinajstić information content (AvgIpc) is 2.59. The van der Waals surface area contributed by atoms with Gasteiger partial charge < -0.3 is 10.6 Å². The van der Waals surface area contributed by atoms with Gasteiger partial charge in [-0.25, -0.2) is 9.49 Å². The van der Waals surface area contributed by atoms with Gasteiger partial charge >= 0.3 is 0 Å². The molecule has 0 saturated carbocycles. The van der Waals surface area contributed by atoms with Crippen LogP contribution in [-0.4, -0.2) is 23.8 Å². The van der Waals surface area contributed by atoms with Gasteiger partial charge in [0, 0.05) is 30.1 Å². The van der Waals surface area contributed by atoms with Crippen LogP contribution in [0.3, 0.4) is 0 Å². The standard InChI is InChI=1S/C18H17FN4O/c1-20-8-10-2-4-11(5-3-10)14-9-21-15-7-12(19)6-13-16(15)17(14)22-23-18(13)24/h2-7,14,20-21H,8-9H2,1H3,(H,23,24). The Kier molecular flexibility index (Phi) is 3.54. The molecule has 0 amide bonds. The molecule has 6 heteroatoms. The van der Waals surface area contributed by atoms with E-state index in [0.717, 1.165) is 17.8 Å². The molecule has 0 aliphatic carbocycles. The van der Waals surface area contributed by atoms with Crippen LogP contribution in [-0.2, 0) is 6.54 Å². The molecule has 2 aromatic carbocycles. The summed E-state index contributed by atoms with van der Waals surface area (Å²) in [7, 11) is 1.91. The Morgan fingerprint density at radius 1 is 1.29 bits per heavy atom. The predicted molar refractivity (Wildman–Crippen MR) is 91.9 cm³/mol. The summed E-state index contributed by atoms with van der Waals surface area (Å²) in [5.74, 6) is -0.423. The Labute approximate surface area is 137 Å². The van der Waals surface area contributed by atoms with Crippen molar-refractivity contribution in [3.05, 3.63) is 69.4 Å². The largest absolute Gasteiger partial charge is 0.383 e. The molecule has 2 heterocycles. The maximum absolute atomic E-state index is 13.7. The molecule has 0 radical (unpaired) electrons. The van der Waals surface area contributed by atoms with Gasteiger partial charge in [0.05, 0.1) is 11.1 Å². The fraction of sp³-hybridized carbons (Fsp3) is 0.222. The number of nitrogens with zero attached hydrogens (tertiary/aromatic N) is 1. The van der Waals surface area contributed by atoms with Crippen LogP contribution in [0.15, 0.2) is 41.2 Å². The first-order valence-corrected chi connectivity index (χ1v) is 7.86. The van der Waals surface area contributed by atoms with Crippen molar-refractivity contribution in [2.45, 2.75) is 12.5 Å². The minimum absolute atomic E-state index is 0.00551. The summed E-state index contributed by atoms with van der Waals surface area (Å²) in [4.78, 5) is 12.0. The quantitative estimate of drug-likeness (QED) is 0.692. The number of nitrogens with one attached hydrogen (secondary N) is 3. The SMILES string of the molecule is CNCc1ccc(C2CNc3cc(F)cc4c(=O)[nH]nc2c34)cc1. The molecule has 3 aromatic rings. The van der Waals surface area contributed by atoms with Crippen LogP contribution < -0.4 is 16.2 Å². The van der Waals surface area contributed by atoms with E-state index in [0.29, 0.717) is 23.0 Å². The molecule has 1 aromatic heterocycles. The number of halogens is 1. The van der Waals surface area contributed by atoms with E-state index in [2.05, 4.69) is 45.1 Å². The number of rotatable bonds is 3. The summed E-state index contributed by atoms with van der Waals surface area (Å²) < 4.78 is 13.7. The van der Waals surface area contributed by atoms with E-state index < -0.39 is 5.82 Å². The fourth-order valence-corrected chi connectivity index (χ4v) is 3.34. The van der Waals surface area contributed by atoms with Crippen LogP contribution in [0.2, 0.25) is 0 Å². The van der Waals surface area contributed by atoms with Crippen molar-refractivity contribution in [3.63, 3.8) is 0 Å². The van der Waals surface area contributed by atoms with Crippen LogP contribution >= 0.6 is 0 Å². The van der Waals surface area contributed by atoms with Gasteiger partial charge in [-0.15, -0.1) is 0 Å². The molecule has 4 rings (SSSR count). The second kappa shape index (κ2) is 5.72. The molecule has 1 atom stereocenters. The van der Waals surface area contributed by atoms with Crippen LogP contribution in [0.4, 0.5) is 10.1 Å². The first-order valence-electron chi connectivity index (χ1n) is 7.86. The highest BCUT2D eigenvalue weighted by Crippen LogP contribution is 2.36. The van der Waals surface area contributed by atoms with Gasteiger partial charge in [-0.3, -0.25) is 4.79 Å². The maximum Gasteiger partial charge on any atom is 0.272 e. The Morgan fingerprint density at radius 2 is 2.08 bits per heavy atom. The third kappa shape index (κ3) is 2.35. The summed E-state index contributed by atoms with van der Waals surface area (Å²) in [6.45, 7) is 1.42. The zero-order valence-corrected chi connectivity index (χ0v) is 13.2. The average molecular weight is 324 g/mol. The Hall–Kier alpha value is -2.73. The summed E-state index contributed by atoms with van der Waals surface area (Å²) in [6.07, 6.45) is 0. The van der Waals surface area contributed by atoms with Crippen LogP contribution in [0.25, 0.3) is 10.8 Å². The van der Waals surface area contributed by atoms with Crippen molar-refractivity contribution in [2.24, 2.45) is 0 Å². The molecule has 0 bridgehead atoms. The number of benzene rings is 2. The summed E-state index contributed by atoms with van der Waals surface area (Å²) >= 11 is 0. The second-order valence-electron chi connectivity index (χ2n) is 6.02. The van der Waals surface area contributed by atoms with Crippen molar-refractivity contribution in [1.29, 1.82) is 0 Å². The molecule has 24 heavy (non-hydrogen) atoms. The highest BCUT2D eigenvalue weighted by Gasteiger charge is 2.26. The summed E-state index contributed by atoms with van der Waals surface area (Å²) in [6, 6.07) is 11.0. The van der Waals surface area contributed by atoms with E-state index in [1.807, 2.05) is 7.05 Å². The van der Waals surface area contributed by atoms with Crippen molar-refractivity contribution >= 4 is 16.5 Å². The molecule has 122 valence electrons. The van der Waals surface area contributed by atoms with Gasteiger partial charge in [0.2, 0.25) is 0 Å². The highest BCUT2D eigenvalue weighted by molar-refractivity contribution is 5.97. The van der Waals surface area contributed by atoms with E-state index >= 15 is 0 Å². The molecule has 0 fully saturated rings. The minimum atomic E-state index is -0.428. The first kappa shape index (κ1) is 14.8. The molecule has 5 nitrogen and oxygen atoms in total. The molecular formula is C18H17FN4O. The lowest BCUT2D eigenvalue weighted by Crippen LogP contribution is -2.24. The molecule has 1 aliphatic rings. The Morgan fingerprint density at radius 3 is 2.83 bits per heavy atom. The van der Waals surface area contributed by atoms with Gasteiger partial charge in [-0.1, -0.05) is 24.3 Å². The lowest BCUT2D eigenvalue weighted by Gasteiger charge is -2.26. The third-order valence-corrected chi connectivity index (χ3v) is 4.47. The summed E-state index contributed by atoms with van der Waals surface area (Å²) in [5.41, 5.74) is 3.34. The van der Waals surface area contributed by atoms with E-state index in [9.17, 15) is 9.18 Å². The molecule has 0 spiro atoms. The Balaban J connectivity index is 1.85. The van der Waals surface area contributed by atoms with E-state index in [4.69, 9.17) is 0 Å². The van der Waals surface area contributed by atoms with Gasteiger partial charge in [0.15, 0.2) is 0 Å². The van der Waals surface area contributed by atoms with Gasteiger partial charge in [0.25, 0.3) is 5.56 Å². The number of hydrogen-bond donors (Lipinski definition) is 3. The van der Waals surface area contributed by atoms with Crippen LogP contribution in [0, 0.1) is 5.82 Å². The number of aromatic nitrogens is 2. The first-order chi connectivity index (χ1) is 11.7. The maximum atomic E-state index is 13.7. The second-order valence-corrected chi connectivity index (χ2v) is 6.02. The smallest absolute Gasteiger partial charge is 0.272 e. The molecule has 1 aliphatic heterocycles. The molecule has 0 saturated heterocycles. The molecule has 3 N–H and O–H groups in total. The summed E-state index contributed by atoms with van der Waals surface area (Å²) in [5, 5.41) is 14.2. The topological polar surface area (TPSA) is 69.8 Å². The number of anilines is 1. The number of H-pyrrole nitrogens is 1. The van der Waals surface area contributed by atoms with Gasteiger partial charge in [-0.2, -0.15) is 5.10 Å². The zero-order valence-electron chi connectivity index (χ0n) is 13.2. The van der Waals surface area contributed by atoms with Crippen molar-refractivity contribution in [1.82, 2.24) is 15.5 Å². The van der Waals surface area contributed by atoms with Crippen molar-refractivity contribution in [3.8, 4) is 0 Å². The molecule has 1 unspecified atom stereocenters. The fourth-order valence-electron chi connectivity index (χ4n) is 3.34. The van der Waals surface area contributed by atoms with Gasteiger partial charge in [-0.05, 0) is 30.3 Å². The van der Waals surface area contributed by atoms with Gasteiger partial charge in [0.1, 0.15) is 5.82 Å². The molecular weight excluding hydrogens is 307 g/mol.